The zero-order valence-corrected chi connectivity index (χ0v) is 6.23. The van der Waals surface area contributed by atoms with E-state index < -0.39 is 0 Å². The van der Waals surface area contributed by atoms with Gasteiger partial charge >= 0.3 is 27.0 Å². The van der Waals surface area contributed by atoms with Gasteiger partial charge in [0.1, 0.15) is 0 Å². The van der Waals surface area contributed by atoms with Crippen molar-refractivity contribution in [1.82, 2.24) is 0 Å². The van der Waals surface area contributed by atoms with E-state index in [0.717, 1.165) is 0 Å². The Bertz CT molecular complexity index is 6.85. The molecule has 0 aliphatic carbocycles. The SMILES string of the molecule is [CH3-].[CH3-].[CH3-].[Cl][RhH]. The van der Waals surface area contributed by atoms with Crippen molar-refractivity contribution in [3.05, 3.63) is 22.3 Å². The van der Waals surface area contributed by atoms with Gasteiger partial charge in [-0.1, -0.05) is 0 Å². The molecule has 0 N–H and O–H groups in total. The molecule has 0 unspecified atom stereocenters. The van der Waals surface area contributed by atoms with Crippen LogP contribution < -0.4 is 0 Å². The van der Waals surface area contributed by atoms with Crippen LogP contribution in [0.25, 0.3) is 0 Å². The Hall–Kier alpha value is 0.913. The summed E-state index contributed by atoms with van der Waals surface area (Å²) in [6.07, 6.45) is 0. The third kappa shape index (κ3) is 50.0. The molecule has 2 heteroatoms. The van der Waals surface area contributed by atoms with Gasteiger partial charge in [-0.15, -0.1) is 0 Å². The molecule has 0 fully saturated rings. The molecule has 0 aromatic carbocycles. The van der Waals surface area contributed by atoms with Gasteiger partial charge < -0.3 is 22.3 Å². The fourth-order valence-corrected chi connectivity index (χ4v) is 0. The van der Waals surface area contributed by atoms with Gasteiger partial charge in [0.2, 0.25) is 0 Å². The topological polar surface area (TPSA) is 0 Å². The third-order valence-electron chi connectivity index (χ3n) is 0. The second kappa shape index (κ2) is 90.2. The number of rotatable bonds is 0. The molecule has 0 aliphatic heterocycles. The van der Waals surface area contributed by atoms with Crippen molar-refractivity contribution in [1.29, 1.82) is 0 Å². The van der Waals surface area contributed by atoms with Crippen LogP contribution in [0.15, 0.2) is 0 Å². The normalized spacial score (nSPS) is 1.40. The van der Waals surface area contributed by atoms with Crippen LogP contribution in [-0.2, 0) is 17.3 Å². The van der Waals surface area contributed by atoms with Crippen molar-refractivity contribution < 1.29 is 17.3 Å². The fraction of sp³-hybridized carbons (Fsp3) is 0. The van der Waals surface area contributed by atoms with Crippen LogP contribution in [0.1, 0.15) is 0 Å². The first-order valence-electron chi connectivity index (χ1n) is 0.134. The predicted octanol–water partition coefficient (Wildman–Crippen LogP) is 1.77. The van der Waals surface area contributed by atoms with E-state index in [4.69, 9.17) is 0 Å². The first-order chi connectivity index (χ1) is 1.00. The molecule has 0 spiro atoms. The Kier molecular flexibility index (Phi) is 703. The Labute approximate surface area is 49.6 Å². The van der Waals surface area contributed by atoms with Crippen LogP contribution in [0, 0.1) is 22.3 Å². The first kappa shape index (κ1) is 39.0. The Morgan fingerprint density at radius 3 is 0.800 bits per heavy atom. The second-order valence-electron chi connectivity index (χ2n) is 0. The summed E-state index contributed by atoms with van der Waals surface area (Å²) in [7, 11) is 4.57. The van der Waals surface area contributed by atoms with Crippen LogP contribution in [0.5, 0.6) is 0 Å². The molecule has 0 radical (unpaired) electrons. The average Bonchev–Trinajstić information content (AvgIpc) is 1.00. The minimum absolute atomic E-state index is 0. The summed E-state index contributed by atoms with van der Waals surface area (Å²) in [4.78, 5) is 0. The summed E-state index contributed by atoms with van der Waals surface area (Å²) in [5.74, 6) is 0. The zero-order valence-electron chi connectivity index (χ0n) is 3.73. The molecule has 0 nitrogen and oxygen atoms in total. The predicted molar refractivity (Wildman–Crippen MR) is 26.5 cm³/mol. The van der Waals surface area contributed by atoms with Gasteiger partial charge in [-0.05, 0) is 0 Å². The monoisotopic (exact) mass is 184 g/mol. The van der Waals surface area contributed by atoms with Crippen LogP contribution in [0.2, 0.25) is 0 Å². The third-order valence-corrected chi connectivity index (χ3v) is 0. The Balaban J connectivity index is -0.00000000167. The molecular weight excluding hydrogens is 174 g/mol. The van der Waals surface area contributed by atoms with Crippen molar-refractivity contribution in [2.24, 2.45) is 0 Å². The van der Waals surface area contributed by atoms with Gasteiger partial charge in [-0.2, -0.15) is 0 Å². The van der Waals surface area contributed by atoms with Crippen molar-refractivity contribution in [2.45, 2.75) is 0 Å². The van der Waals surface area contributed by atoms with Crippen molar-refractivity contribution in [2.75, 3.05) is 0 Å². The number of halogens is 1. The van der Waals surface area contributed by atoms with E-state index in [1.807, 2.05) is 17.3 Å². The maximum absolute atomic E-state index is 4.57. The number of hydrogen-bond donors (Lipinski definition) is 0. The van der Waals surface area contributed by atoms with E-state index in [2.05, 4.69) is 9.69 Å². The van der Waals surface area contributed by atoms with Crippen LogP contribution in [0.4, 0.5) is 0 Å². The van der Waals surface area contributed by atoms with Crippen molar-refractivity contribution in [3.8, 4) is 0 Å². The van der Waals surface area contributed by atoms with Gasteiger partial charge in [0, 0.05) is 0 Å². The number of hydrogen-bond acceptors (Lipinski definition) is 0. The standard InChI is InChI=1S/3CH3.ClH.Rh.H/h3*1H3;1H;;/q3*-1;;+1;/p-1. The summed E-state index contributed by atoms with van der Waals surface area (Å²) >= 11 is 1.82. The summed E-state index contributed by atoms with van der Waals surface area (Å²) in [5, 5.41) is 0. The van der Waals surface area contributed by atoms with Crippen LogP contribution in [-0.4, -0.2) is 0 Å². The summed E-state index contributed by atoms with van der Waals surface area (Å²) in [6, 6.07) is 0. The average molecular weight is 184 g/mol. The first-order valence-corrected chi connectivity index (χ1v) is 2.37. The molecular formula is C3H10ClRh-3. The quantitative estimate of drug-likeness (QED) is 0.398. The fourth-order valence-electron chi connectivity index (χ4n) is 0. The Morgan fingerprint density at radius 2 is 0.800 bits per heavy atom. The molecule has 0 rings (SSSR count). The molecule has 5 heavy (non-hydrogen) atoms. The van der Waals surface area contributed by atoms with E-state index in [1.54, 1.807) is 0 Å². The van der Waals surface area contributed by atoms with Gasteiger partial charge in [0.05, 0.1) is 0 Å². The van der Waals surface area contributed by atoms with E-state index >= 15 is 0 Å². The molecule has 0 atom stereocenters. The van der Waals surface area contributed by atoms with Crippen molar-refractivity contribution in [3.63, 3.8) is 0 Å². The van der Waals surface area contributed by atoms with Crippen LogP contribution >= 0.6 is 9.69 Å². The van der Waals surface area contributed by atoms with Gasteiger partial charge in [-0.3, -0.25) is 0 Å². The van der Waals surface area contributed by atoms with Gasteiger partial charge in [0.15, 0.2) is 0 Å². The molecule has 0 aromatic rings. The Morgan fingerprint density at radius 1 is 0.800 bits per heavy atom. The molecule has 0 amide bonds. The van der Waals surface area contributed by atoms with Gasteiger partial charge in [0.25, 0.3) is 0 Å². The molecule has 0 bridgehead atoms. The molecule has 41 valence electrons. The molecule has 0 saturated carbocycles. The minimum atomic E-state index is 0. The van der Waals surface area contributed by atoms with Gasteiger partial charge in [-0.25, -0.2) is 0 Å². The zero-order chi connectivity index (χ0) is 2.00. The van der Waals surface area contributed by atoms with E-state index in [1.165, 1.54) is 0 Å². The summed E-state index contributed by atoms with van der Waals surface area (Å²) in [6.45, 7) is 0. The van der Waals surface area contributed by atoms with E-state index in [0.29, 0.717) is 0 Å². The van der Waals surface area contributed by atoms with E-state index in [9.17, 15) is 0 Å². The van der Waals surface area contributed by atoms with Crippen molar-refractivity contribution >= 4 is 9.69 Å². The van der Waals surface area contributed by atoms with E-state index in [-0.39, 0.29) is 22.3 Å². The molecule has 0 aromatic heterocycles. The maximum atomic E-state index is 4.57. The van der Waals surface area contributed by atoms with Crippen LogP contribution in [0.3, 0.4) is 0 Å². The second-order valence-corrected chi connectivity index (χ2v) is 0. The summed E-state index contributed by atoms with van der Waals surface area (Å²) < 4.78 is 0. The summed E-state index contributed by atoms with van der Waals surface area (Å²) in [5.41, 5.74) is 0. The molecule has 0 aliphatic rings. The molecule has 0 saturated heterocycles. The molecule has 0 heterocycles.